The van der Waals surface area contributed by atoms with Gasteiger partial charge in [0.05, 0.1) is 11.7 Å². The smallest absolute Gasteiger partial charge is 0.292 e. The van der Waals surface area contributed by atoms with Gasteiger partial charge in [0.2, 0.25) is 11.7 Å². The molecule has 2 fully saturated rings. The van der Waals surface area contributed by atoms with Gasteiger partial charge in [-0.05, 0) is 45.1 Å². The molecular weight excluding hydrogens is 296 g/mol. The third-order valence-electron chi connectivity index (χ3n) is 4.59. The van der Waals surface area contributed by atoms with Gasteiger partial charge in [0.1, 0.15) is 0 Å². The van der Waals surface area contributed by atoms with Crippen LogP contribution in [-0.2, 0) is 4.79 Å². The maximum absolute atomic E-state index is 12.4. The van der Waals surface area contributed by atoms with Gasteiger partial charge in [0, 0.05) is 25.7 Å². The van der Waals surface area contributed by atoms with Crippen LogP contribution in [0, 0.1) is 12.8 Å². The Balaban J connectivity index is 1.49. The summed E-state index contributed by atoms with van der Waals surface area (Å²) in [5, 5.41) is 9.99. The fourth-order valence-corrected chi connectivity index (χ4v) is 3.31. The van der Waals surface area contributed by atoms with E-state index in [1.54, 1.807) is 17.9 Å². The van der Waals surface area contributed by atoms with Crippen molar-refractivity contribution in [2.75, 3.05) is 26.2 Å². The molecule has 3 heterocycles. The average molecular weight is 320 g/mol. The van der Waals surface area contributed by atoms with Crippen LogP contribution >= 0.6 is 0 Å². The standard InChI is InChI=1S/C16H24N4O3/c1-11-8-14(23-19-11)16(22)20-7-3-4-12(10-20)9-18-15(21)13-5-2-6-17-13/h8,12-13,17H,2-7,9-10H2,1H3,(H,18,21). The number of aromatic nitrogens is 1. The molecule has 0 radical (unpaired) electrons. The molecule has 2 amide bonds. The quantitative estimate of drug-likeness (QED) is 0.853. The largest absolute Gasteiger partial charge is 0.354 e. The third-order valence-corrected chi connectivity index (χ3v) is 4.59. The fraction of sp³-hybridized carbons (Fsp3) is 0.688. The van der Waals surface area contributed by atoms with Gasteiger partial charge in [0.25, 0.3) is 5.91 Å². The minimum Gasteiger partial charge on any atom is -0.354 e. The summed E-state index contributed by atoms with van der Waals surface area (Å²) in [6.07, 6.45) is 3.94. The Kier molecular flexibility index (Phi) is 4.95. The van der Waals surface area contributed by atoms with Crippen molar-refractivity contribution in [3.8, 4) is 0 Å². The number of nitrogens with one attached hydrogen (secondary N) is 2. The van der Waals surface area contributed by atoms with E-state index in [2.05, 4.69) is 15.8 Å². The monoisotopic (exact) mass is 320 g/mol. The first kappa shape index (κ1) is 16.0. The van der Waals surface area contributed by atoms with Crippen molar-refractivity contribution in [2.45, 2.75) is 38.6 Å². The fourth-order valence-electron chi connectivity index (χ4n) is 3.31. The van der Waals surface area contributed by atoms with E-state index < -0.39 is 0 Å². The average Bonchev–Trinajstić information content (AvgIpc) is 3.24. The lowest BCUT2D eigenvalue weighted by Gasteiger charge is -2.32. The molecule has 1 aromatic heterocycles. The highest BCUT2D eigenvalue weighted by molar-refractivity contribution is 5.91. The van der Waals surface area contributed by atoms with Crippen molar-refractivity contribution in [1.82, 2.24) is 20.7 Å². The van der Waals surface area contributed by atoms with E-state index >= 15 is 0 Å². The number of amides is 2. The molecule has 7 nitrogen and oxygen atoms in total. The summed E-state index contributed by atoms with van der Waals surface area (Å²) in [6.45, 7) is 4.71. The van der Waals surface area contributed by atoms with Crippen molar-refractivity contribution >= 4 is 11.8 Å². The van der Waals surface area contributed by atoms with Crippen molar-refractivity contribution in [3.63, 3.8) is 0 Å². The Bertz CT molecular complexity index is 565. The Morgan fingerprint density at radius 2 is 2.30 bits per heavy atom. The van der Waals surface area contributed by atoms with Gasteiger partial charge in [-0.1, -0.05) is 5.16 Å². The summed E-state index contributed by atoms with van der Waals surface area (Å²) in [5.74, 6) is 0.556. The molecule has 0 aromatic carbocycles. The number of hydrogen-bond acceptors (Lipinski definition) is 5. The second-order valence-electron chi connectivity index (χ2n) is 6.49. The zero-order chi connectivity index (χ0) is 16.2. The van der Waals surface area contributed by atoms with Crippen molar-refractivity contribution < 1.29 is 14.1 Å². The van der Waals surface area contributed by atoms with E-state index in [0.29, 0.717) is 30.5 Å². The molecule has 2 unspecified atom stereocenters. The highest BCUT2D eigenvalue weighted by Crippen LogP contribution is 2.18. The lowest BCUT2D eigenvalue weighted by Crippen LogP contribution is -2.46. The van der Waals surface area contributed by atoms with Gasteiger partial charge >= 0.3 is 0 Å². The normalized spacial score (nSPS) is 24.7. The predicted octanol–water partition coefficient (Wildman–Crippen LogP) is 0.703. The molecule has 2 aliphatic heterocycles. The van der Waals surface area contributed by atoms with E-state index in [1.807, 2.05) is 0 Å². The van der Waals surface area contributed by atoms with E-state index in [1.165, 1.54) is 0 Å². The van der Waals surface area contributed by atoms with Gasteiger partial charge in [-0.2, -0.15) is 0 Å². The zero-order valence-corrected chi connectivity index (χ0v) is 13.5. The van der Waals surface area contributed by atoms with Crippen LogP contribution < -0.4 is 10.6 Å². The Hall–Kier alpha value is -1.89. The van der Waals surface area contributed by atoms with Crippen LogP contribution in [0.15, 0.2) is 10.6 Å². The summed E-state index contributed by atoms with van der Waals surface area (Å²) < 4.78 is 5.06. The van der Waals surface area contributed by atoms with Crippen molar-refractivity contribution in [1.29, 1.82) is 0 Å². The summed E-state index contributed by atoms with van der Waals surface area (Å²) in [6, 6.07) is 1.62. The van der Waals surface area contributed by atoms with Gasteiger partial charge in [-0.3, -0.25) is 9.59 Å². The van der Waals surface area contributed by atoms with Crippen LogP contribution in [0.4, 0.5) is 0 Å². The number of carbonyl (C=O) groups is 2. The molecule has 0 aliphatic carbocycles. The van der Waals surface area contributed by atoms with Gasteiger partial charge < -0.3 is 20.1 Å². The van der Waals surface area contributed by atoms with Crippen LogP contribution in [0.25, 0.3) is 0 Å². The van der Waals surface area contributed by atoms with E-state index in [-0.39, 0.29) is 17.9 Å². The van der Waals surface area contributed by atoms with Gasteiger partial charge in [-0.15, -0.1) is 0 Å². The van der Waals surface area contributed by atoms with Crippen LogP contribution in [0.3, 0.4) is 0 Å². The first-order valence-electron chi connectivity index (χ1n) is 8.37. The second kappa shape index (κ2) is 7.12. The molecular formula is C16H24N4O3. The summed E-state index contributed by atoms with van der Waals surface area (Å²) >= 11 is 0. The molecule has 2 aliphatic rings. The number of hydrogen-bond donors (Lipinski definition) is 2. The minimum absolute atomic E-state index is 0.0477. The molecule has 0 bridgehead atoms. The number of rotatable bonds is 4. The predicted molar refractivity (Wildman–Crippen MR) is 83.9 cm³/mol. The van der Waals surface area contributed by atoms with Gasteiger partial charge in [-0.25, -0.2) is 0 Å². The van der Waals surface area contributed by atoms with Crippen LogP contribution in [0.2, 0.25) is 0 Å². The molecule has 3 rings (SSSR count). The number of nitrogens with zero attached hydrogens (tertiary/aromatic N) is 2. The molecule has 2 N–H and O–H groups in total. The molecule has 7 heteroatoms. The molecule has 126 valence electrons. The number of carbonyl (C=O) groups excluding carboxylic acids is 2. The van der Waals surface area contributed by atoms with Crippen molar-refractivity contribution in [3.05, 3.63) is 17.5 Å². The molecule has 2 saturated heterocycles. The van der Waals surface area contributed by atoms with E-state index in [4.69, 9.17) is 4.52 Å². The first-order valence-corrected chi connectivity index (χ1v) is 8.37. The zero-order valence-electron chi connectivity index (χ0n) is 13.5. The SMILES string of the molecule is Cc1cc(C(=O)N2CCCC(CNC(=O)C3CCCN3)C2)on1. The van der Waals surface area contributed by atoms with Crippen LogP contribution in [0.1, 0.15) is 41.9 Å². The molecule has 0 saturated carbocycles. The maximum atomic E-state index is 12.4. The van der Waals surface area contributed by atoms with Crippen LogP contribution in [0.5, 0.6) is 0 Å². The lowest BCUT2D eigenvalue weighted by molar-refractivity contribution is -0.123. The minimum atomic E-state index is -0.112. The van der Waals surface area contributed by atoms with Crippen molar-refractivity contribution in [2.24, 2.45) is 5.92 Å². The summed E-state index contributed by atoms with van der Waals surface area (Å²) in [4.78, 5) is 26.3. The molecule has 1 aromatic rings. The maximum Gasteiger partial charge on any atom is 0.292 e. The first-order chi connectivity index (χ1) is 11.1. The molecule has 0 spiro atoms. The third kappa shape index (κ3) is 3.90. The second-order valence-corrected chi connectivity index (χ2v) is 6.49. The lowest BCUT2D eigenvalue weighted by atomic mass is 9.97. The van der Waals surface area contributed by atoms with E-state index in [0.717, 1.165) is 38.8 Å². The van der Waals surface area contributed by atoms with E-state index in [9.17, 15) is 9.59 Å². The number of likely N-dealkylation sites (tertiary alicyclic amines) is 1. The Morgan fingerprint density at radius 1 is 1.43 bits per heavy atom. The van der Waals surface area contributed by atoms with Crippen LogP contribution in [-0.4, -0.2) is 54.1 Å². The molecule has 2 atom stereocenters. The Labute approximate surface area is 135 Å². The van der Waals surface area contributed by atoms with Gasteiger partial charge in [0.15, 0.2) is 0 Å². The topological polar surface area (TPSA) is 87.5 Å². The highest BCUT2D eigenvalue weighted by Gasteiger charge is 2.28. The molecule has 23 heavy (non-hydrogen) atoms. The summed E-state index contributed by atoms with van der Waals surface area (Å²) in [7, 11) is 0. The number of piperidine rings is 1. The Morgan fingerprint density at radius 3 is 3.00 bits per heavy atom. The summed E-state index contributed by atoms with van der Waals surface area (Å²) in [5.41, 5.74) is 0.707. The highest BCUT2D eigenvalue weighted by atomic mass is 16.5. The number of aryl methyl sites for hydroxylation is 1.